The van der Waals surface area contributed by atoms with Crippen LogP contribution in [0.3, 0.4) is 0 Å². The lowest BCUT2D eigenvalue weighted by atomic mass is 9.82. The van der Waals surface area contributed by atoms with E-state index in [1.807, 2.05) is 0 Å². The number of hydrogen-bond acceptors (Lipinski definition) is 2. The van der Waals surface area contributed by atoms with Gasteiger partial charge in [0.1, 0.15) is 0 Å². The summed E-state index contributed by atoms with van der Waals surface area (Å²) in [5.74, 6) is 0. The van der Waals surface area contributed by atoms with Crippen molar-refractivity contribution in [3.8, 4) is 22.3 Å². The molecule has 8 aromatic rings. The zero-order valence-corrected chi connectivity index (χ0v) is 31.2. The van der Waals surface area contributed by atoms with Gasteiger partial charge in [-0.15, -0.1) is 0 Å². The van der Waals surface area contributed by atoms with Crippen molar-refractivity contribution >= 4 is 46.3 Å². The maximum absolute atomic E-state index is 2.39. The Hall–Kier alpha value is -6.90. The van der Waals surface area contributed by atoms with E-state index in [4.69, 9.17) is 0 Å². The van der Waals surface area contributed by atoms with E-state index in [1.54, 1.807) is 0 Å². The number of rotatable bonds is 9. The zero-order chi connectivity index (χ0) is 37.2. The number of benzene rings is 8. The van der Waals surface area contributed by atoms with Gasteiger partial charge >= 0.3 is 0 Å². The lowest BCUT2D eigenvalue weighted by Gasteiger charge is -2.28. The first-order valence-corrected chi connectivity index (χ1v) is 19.0. The summed E-state index contributed by atoms with van der Waals surface area (Å²) in [4.78, 5) is 4.65. The molecule has 0 saturated heterocycles. The Morgan fingerprint density at radius 2 is 0.691 bits per heavy atom. The highest BCUT2D eigenvalue weighted by Gasteiger charge is 2.35. The van der Waals surface area contributed by atoms with Crippen LogP contribution < -0.4 is 9.80 Å². The Kier molecular flexibility index (Phi) is 8.94. The maximum Gasteiger partial charge on any atom is 0.0465 e. The molecular formula is C53H42N2. The van der Waals surface area contributed by atoms with Gasteiger partial charge in [-0.2, -0.15) is 0 Å². The second kappa shape index (κ2) is 14.5. The van der Waals surface area contributed by atoms with Crippen LogP contribution in [0.4, 0.5) is 34.1 Å². The minimum absolute atomic E-state index is 0.0607. The molecular weight excluding hydrogens is 665 g/mol. The van der Waals surface area contributed by atoms with Crippen molar-refractivity contribution in [2.24, 2.45) is 0 Å². The minimum atomic E-state index is -0.0607. The van der Waals surface area contributed by atoms with Gasteiger partial charge in [-0.3, -0.25) is 0 Å². The summed E-state index contributed by atoms with van der Waals surface area (Å²) in [6.45, 7) is 4.68. The molecule has 0 heterocycles. The molecule has 0 aliphatic heterocycles. The highest BCUT2D eigenvalue weighted by molar-refractivity contribution is 5.86. The standard InChI is InChI=1S/C53H42N2/c1-53(2)51-21-13-12-20-49(51)50-37-36-48(38-52(50)53)55(45-18-10-5-11-19-45)46-32-26-40(27-33-46)23-22-39-24-28-41(29-25-39)42-30-34-47(35-31-42)54(43-14-6-3-7-15-43)44-16-8-4-9-17-44/h3-38H,1-2H3. The summed E-state index contributed by atoms with van der Waals surface area (Å²) in [7, 11) is 0. The van der Waals surface area contributed by atoms with Gasteiger partial charge in [-0.25, -0.2) is 0 Å². The molecule has 0 amide bonds. The van der Waals surface area contributed by atoms with E-state index in [-0.39, 0.29) is 5.41 Å². The van der Waals surface area contributed by atoms with E-state index in [0.29, 0.717) is 0 Å². The zero-order valence-electron chi connectivity index (χ0n) is 31.2. The molecule has 9 rings (SSSR count). The number of nitrogens with zero attached hydrogens (tertiary/aromatic N) is 2. The summed E-state index contributed by atoms with van der Waals surface area (Å²) < 4.78 is 0. The van der Waals surface area contributed by atoms with Gasteiger partial charge in [0.2, 0.25) is 0 Å². The first-order chi connectivity index (χ1) is 27.0. The van der Waals surface area contributed by atoms with Crippen LogP contribution in [0.2, 0.25) is 0 Å². The first-order valence-electron chi connectivity index (χ1n) is 19.0. The molecule has 8 aromatic carbocycles. The van der Waals surface area contributed by atoms with E-state index in [0.717, 1.165) is 45.3 Å². The van der Waals surface area contributed by atoms with Crippen LogP contribution in [0.25, 0.3) is 34.4 Å². The summed E-state index contributed by atoms with van der Waals surface area (Å²) in [6.07, 6.45) is 4.38. The highest BCUT2D eigenvalue weighted by atomic mass is 15.1. The third kappa shape index (κ3) is 6.64. The fourth-order valence-corrected chi connectivity index (χ4v) is 7.97. The molecule has 0 bridgehead atoms. The molecule has 2 nitrogen and oxygen atoms in total. The van der Waals surface area contributed by atoms with Gasteiger partial charge in [-0.1, -0.05) is 159 Å². The quantitative estimate of drug-likeness (QED) is 0.138. The molecule has 0 radical (unpaired) electrons. The fourth-order valence-electron chi connectivity index (χ4n) is 7.97. The average Bonchev–Trinajstić information content (AvgIpc) is 3.48. The third-order valence-corrected chi connectivity index (χ3v) is 10.9. The lowest BCUT2D eigenvalue weighted by molar-refractivity contribution is 0.660. The summed E-state index contributed by atoms with van der Waals surface area (Å²) in [6, 6.07) is 74.0. The molecule has 0 fully saturated rings. The van der Waals surface area contributed by atoms with Gasteiger partial charge in [-0.05, 0) is 117 Å². The molecule has 0 unspecified atom stereocenters. The van der Waals surface area contributed by atoms with Crippen molar-refractivity contribution in [2.75, 3.05) is 9.80 Å². The minimum Gasteiger partial charge on any atom is -0.311 e. The van der Waals surface area contributed by atoms with Crippen LogP contribution in [-0.4, -0.2) is 0 Å². The molecule has 0 aromatic heterocycles. The molecule has 1 aliphatic carbocycles. The number of fused-ring (bicyclic) bond motifs is 3. The molecule has 0 atom stereocenters. The lowest BCUT2D eigenvalue weighted by Crippen LogP contribution is -2.16. The number of para-hydroxylation sites is 3. The van der Waals surface area contributed by atoms with Crippen LogP contribution in [0.5, 0.6) is 0 Å². The van der Waals surface area contributed by atoms with E-state index in [9.17, 15) is 0 Å². The smallest absolute Gasteiger partial charge is 0.0465 e. The van der Waals surface area contributed by atoms with Crippen LogP contribution in [0, 0.1) is 0 Å². The maximum atomic E-state index is 2.39. The Morgan fingerprint density at radius 1 is 0.327 bits per heavy atom. The van der Waals surface area contributed by atoms with E-state index in [1.165, 1.54) is 33.4 Å². The van der Waals surface area contributed by atoms with Crippen molar-refractivity contribution < 1.29 is 0 Å². The molecule has 0 N–H and O–H groups in total. The molecule has 55 heavy (non-hydrogen) atoms. The molecule has 0 saturated carbocycles. The fraction of sp³-hybridized carbons (Fsp3) is 0.0566. The predicted molar refractivity (Wildman–Crippen MR) is 234 cm³/mol. The Morgan fingerprint density at radius 3 is 1.22 bits per heavy atom. The predicted octanol–water partition coefficient (Wildman–Crippen LogP) is 14.8. The molecule has 264 valence electrons. The molecule has 1 aliphatic rings. The second-order valence-corrected chi connectivity index (χ2v) is 14.7. The van der Waals surface area contributed by atoms with Crippen LogP contribution in [0.1, 0.15) is 36.1 Å². The summed E-state index contributed by atoms with van der Waals surface area (Å²) in [5, 5.41) is 0. The monoisotopic (exact) mass is 706 g/mol. The third-order valence-electron chi connectivity index (χ3n) is 10.9. The van der Waals surface area contributed by atoms with Crippen molar-refractivity contribution in [3.63, 3.8) is 0 Å². The van der Waals surface area contributed by atoms with Gasteiger partial charge in [0.25, 0.3) is 0 Å². The highest BCUT2D eigenvalue weighted by Crippen LogP contribution is 2.50. The Labute approximate surface area is 324 Å². The van der Waals surface area contributed by atoms with Crippen molar-refractivity contribution in [1.29, 1.82) is 0 Å². The van der Waals surface area contributed by atoms with Gasteiger partial charge in [0.05, 0.1) is 0 Å². The number of hydrogen-bond donors (Lipinski definition) is 0. The topological polar surface area (TPSA) is 6.48 Å². The molecule has 0 spiro atoms. The largest absolute Gasteiger partial charge is 0.311 e. The second-order valence-electron chi connectivity index (χ2n) is 14.7. The van der Waals surface area contributed by atoms with Gasteiger partial charge < -0.3 is 9.80 Å². The van der Waals surface area contributed by atoms with Crippen LogP contribution >= 0.6 is 0 Å². The van der Waals surface area contributed by atoms with Gasteiger partial charge in [0.15, 0.2) is 0 Å². The van der Waals surface area contributed by atoms with Crippen LogP contribution in [0.15, 0.2) is 206 Å². The average molecular weight is 707 g/mol. The first kappa shape index (κ1) is 33.9. The summed E-state index contributed by atoms with van der Waals surface area (Å²) in [5.41, 5.74) is 16.9. The van der Waals surface area contributed by atoms with E-state index in [2.05, 4.69) is 242 Å². The van der Waals surface area contributed by atoms with Crippen molar-refractivity contribution in [1.82, 2.24) is 0 Å². The van der Waals surface area contributed by atoms with Gasteiger partial charge in [0, 0.05) is 39.5 Å². The van der Waals surface area contributed by atoms with E-state index >= 15 is 0 Å². The Balaban J connectivity index is 0.932. The molecule has 2 heteroatoms. The van der Waals surface area contributed by atoms with E-state index < -0.39 is 0 Å². The number of anilines is 6. The normalized spacial score (nSPS) is 12.6. The summed E-state index contributed by atoms with van der Waals surface area (Å²) >= 11 is 0. The Bertz CT molecular complexity index is 2530. The SMILES string of the molecule is CC1(C)c2ccccc2-c2ccc(N(c3ccccc3)c3ccc(C=Cc4ccc(-c5ccc(N(c6ccccc6)c6ccccc6)cc5)cc4)cc3)cc21. The van der Waals surface area contributed by atoms with Crippen molar-refractivity contribution in [3.05, 3.63) is 229 Å². The van der Waals surface area contributed by atoms with Crippen LogP contribution in [-0.2, 0) is 5.41 Å². The van der Waals surface area contributed by atoms with Crippen molar-refractivity contribution in [2.45, 2.75) is 19.3 Å².